The van der Waals surface area contributed by atoms with Crippen LogP contribution in [-0.4, -0.2) is 4.98 Å². The Labute approximate surface area is 88.6 Å². The number of pyridine rings is 1. The molecule has 0 radical (unpaired) electrons. The quantitative estimate of drug-likeness (QED) is 0.655. The molecule has 1 aromatic heterocycles. The molecule has 0 aliphatic heterocycles. The molecule has 0 atom stereocenters. The van der Waals surface area contributed by atoms with E-state index in [2.05, 4.69) is 24.9 Å². The van der Waals surface area contributed by atoms with Crippen molar-refractivity contribution >= 4 is 0 Å². The minimum Gasteiger partial charge on any atom is -0.264 e. The van der Waals surface area contributed by atoms with E-state index in [9.17, 15) is 0 Å². The van der Waals surface area contributed by atoms with E-state index in [0.717, 1.165) is 0 Å². The van der Waals surface area contributed by atoms with E-state index in [1.54, 1.807) is 0 Å². The highest BCUT2D eigenvalue weighted by Crippen LogP contribution is 2.06. The van der Waals surface area contributed by atoms with E-state index >= 15 is 0 Å². The Bertz CT molecular complexity index is 230. The third-order valence-corrected chi connectivity index (χ3v) is 2.00. The summed E-state index contributed by atoms with van der Waals surface area (Å²) in [6.07, 6.45) is 8.98. The van der Waals surface area contributed by atoms with Crippen LogP contribution in [0.15, 0.2) is 18.5 Å². The molecule has 14 heavy (non-hydrogen) atoms. The number of unbranched alkanes of at least 4 members (excludes halogenated alkanes) is 2. The van der Waals surface area contributed by atoms with Crippen LogP contribution in [0, 0.1) is 6.92 Å². The molecule has 1 aromatic rings. The van der Waals surface area contributed by atoms with Crippen molar-refractivity contribution in [1.82, 2.24) is 4.98 Å². The van der Waals surface area contributed by atoms with E-state index in [0.29, 0.717) is 0 Å². The van der Waals surface area contributed by atoms with Gasteiger partial charge >= 0.3 is 0 Å². The molecule has 0 unspecified atom stereocenters. The van der Waals surface area contributed by atoms with Gasteiger partial charge in [0.2, 0.25) is 0 Å². The van der Waals surface area contributed by atoms with Crippen LogP contribution >= 0.6 is 0 Å². The average molecular weight is 193 g/mol. The molecule has 0 bridgehead atoms. The second-order valence-electron chi connectivity index (χ2n) is 3.33. The minimum absolute atomic E-state index is 1.18. The maximum absolute atomic E-state index is 4.16. The lowest BCUT2D eigenvalue weighted by molar-refractivity contribution is 0.715. The molecule has 0 fully saturated rings. The highest BCUT2D eigenvalue weighted by atomic mass is 14.6. The number of hydrogen-bond donors (Lipinski definition) is 0. The first-order valence-electron chi connectivity index (χ1n) is 5.73. The maximum atomic E-state index is 4.16. The fourth-order valence-electron chi connectivity index (χ4n) is 1.33. The average Bonchev–Trinajstić information content (AvgIpc) is 2.21. The van der Waals surface area contributed by atoms with Crippen molar-refractivity contribution in [3.8, 4) is 0 Å². The van der Waals surface area contributed by atoms with E-state index in [4.69, 9.17) is 0 Å². The second-order valence-corrected chi connectivity index (χ2v) is 3.33. The number of rotatable bonds is 4. The van der Waals surface area contributed by atoms with Gasteiger partial charge in [-0.05, 0) is 30.9 Å². The summed E-state index contributed by atoms with van der Waals surface area (Å²) in [5, 5.41) is 0. The summed E-state index contributed by atoms with van der Waals surface area (Å²) in [5.74, 6) is 0. The van der Waals surface area contributed by atoms with Gasteiger partial charge in [0.05, 0.1) is 0 Å². The molecule has 80 valence electrons. The van der Waals surface area contributed by atoms with Crippen molar-refractivity contribution in [3.63, 3.8) is 0 Å². The third kappa shape index (κ3) is 5.74. The van der Waals surface area contributed by atoms with E-state index in [1.807, 2.05) is 26.2 Å². The lowest BCUT2D eigenvalue weighted by Crippen LogP contribution is -1.87. The molecular formula is C13H23N. The van der Waals surface area contributed by atoms with E-state index in [-0.39, 0.29) is 0 Å². The Morgan fingerprint density at radius 2 is 1.86 bits per heavy atom. The first kappa shape index (κ1) is 13.2. The number of hydrogen-bond acceptors (Lipinski definition) is 1. The van der Waals surface area contributed by atoms with Gasteiger partial charge in [-0.15, -0.1) is 0 Å². The standard InChI is InChI=1S/C11H17N.C2H6/c1-3-4-5-6-11-7-10(2)8-12-9-11;1-2/h7-9H,3-6H2,1-2H3;1-2H3. The molecule has 1 heterocycles. The first-order chi connectivity index (χ1) is 6.83. The highest BCUT2D eigenvalue weighted by molar-refractivity contribution is 5.16. The van der Waals surface area contributed by atoms with Gasteiger partial charge in [-0.2, -0.15) is 0 Å². The Balaban J connectivity index is 0.000000791. The molecule has 0 saturated heterocycles. The van der Waals surface area contributed by atoms with Crippen molar-refractivity contribution < 1.29 is 0 Å². The Kier molecular flexibility index (Phi) is 8.20. The van der Waals surface area contributed by atoms with Gasteiger partial charge in [0.1, 0.15) is 0 Å². The van der Waals surface area contributed by atoms with Gasteiger partial charge in [0.15, 0.2) is 0 Å². The van der Waals surface area contributed by atoms with Gasteiger partial charge in [-0.25, -0.2) is 0 Å². The second kappa shape index (κ2) is 8.74. The normalized spacial score (nSPS) is 9.14. The smallest absolute Gasteiger partial charge is 0.0300 e. The highest BCUT2D eigenvalue weighted by Gasteiger charge is 1.93. The summed E-state index contributed by atoms with van der Waals surface area (Å²) in [4.78, 5) is 4.16. The summed E-state index contributed by atoms with van der Waals surface area (Å²) < 4.78 is 0. The fourth-order valence-corrected chi connectivity index (χ4v) is 1.33. The molecule has 0 aliphatic rings. The topological polar surface area (TPSA) is 12.9 Å². The summed E-state index contributed by atoms with van der Waals surface area (Å²) in [5.41, 5.74) is 2.65. The van der Waals surface area contributed by atoms with Crippen LogP contribution in [0.1, 0.15) is 51.2 Å². The molecule has 0 N–H and O–H groups in total. The van der Waals surface area contributed by atoms with Crippen LogP contribution in [0.4, 0.5) is 0 Å². The molecule has 1 rings (SSSR count). The Morgan fingerprint density at radius 3 is 2.43 bits per heavy atom. The fraction of sp³-hybridized carbons (Fsp3) is 0.615. The largest absolute Gasteiger partial charge is 0.264 e. The van der Waals surface area contributed by atoms with Gasteiger partial charge in [0.25, 0.3) is 0 Å². The van der Waals surface area contributed by atoms with Gasteiger partial charge in [-0.3, -0.25) is 4.98 Å². The zero-order chi connectivity index (χ0) is 10.8. The number of aromatic nitrogens is 1. The van der Waals surface area contributed by atoms with Crippen molar-refractivity contribution in [3.05, 3.63) is 29.6 Å². The van der Waals surface area contributed by atoms with Gasteiger partial charge < -0.3 is 0 Å². The summed E-state index contributed by atoms with van der Waals surface area (Å²) >= 11 is 0. The molecule has 1 heteroatoms. The van der Waals surface area contributed by atoms with Crippen LogP contribution in [0.5, 0.6) is 0 Å². The van der Waals surface area contributed by atoms with Crippen LogP contribution in [0.3, 0.4) is 0 Å². The van der Waals surface area contributed by atoms with Crippen molar-refractivity contribution in [2.24, 2.45) is 0 Å². The zero-order valence-corrected chi connectivity index (χ0v) is 10.0. The summed E-state index contributed by atoms with van der Waals surface area (Å²) in [7, 11) is 0. The molecule has 0 amide bonds. The first-order valence-corrected chi connectivity index (χ1v) is 5.73. The lowest BCUT2D eigenvalue weighted by Gasteiger charge is -2.00. The zero-order valence-electron chi connectivity index (χ0n) is 10.0. The molecule has 0 spiro atoms. The predicted molar refractivity (Wildman–Crippen MR) is 63.6 cm³/mol. The third-order valence-electron chi connectivity index (χ3n) is 2.00. The van der Waals surface area contributed by atoms with Crippen molar-refractivity contribution in [2.45, 2.75) is 53.4 Å². The minimum atomic E-state index is 1.18. The van der Waals surface area contributed by atoms with Crippen LogP contribution in [-0.2, 0) is 6.42 Å². The van der Waals surface area contributed by atoms with Crippen LogP contribution in [0.2, 0.25) is 0 Å². The van der Waals surface area contributed by atoms with Crippen LogP contribution in [0.25, 0.3) is 0 Å². The molecule has 0 aliphatic carbocycles. The van der Waals surface area contributed by atoms with Gasteiger partial charge in [0, 0.05) is 12.4 Å². The molecule has 0 aromatic carbocycles. The van der Waals surface area contributed by atoms with Crippen LogP contribution < -0.4 is 0 Å². The predicted octanol–water partition coefficient (Wildman–Crippen LogP) is 4.15. The SMILES string of the molecule is CC.CCCCCc1cncc(C)c1. The monoisotopic (exact) mass is 193 g/mol. The molecule has 0 saturated carbocycles. The number of nitrogens with zero attached hydrogens (tertiary/aromatic N) is 1. The maximum Gasteiger partial charge on any atom is 0.0300 e. The molecular weight excluding hydrogens is 170 g/mol. The Morgan fingerprint density at radius 1 is 1.14 bits per heavy atom. The Hall–Kier alpha value is -0.850. The molecule has 1 nitrogen and oxygen atoms in total. The number of aryl methyl sites for hydroxylation is 2. The van der Waals surface area contributed by atoms with E-state index < -0.39 is 0 Å². The lowest BCUT2D eigenvalue weighted by atomic mass is 10.1. The summed E-state index contributed by atoms with van der Waals surface area (Å²) in [6.45, 7) is 8.32. The van der Waals surface area contributed by atoms with Crippen molar-refractivity contribution in [2.75, 3.05) is 0 Å². The van der Waals surface area contributed by atoms with Crippen molar-refractivity contribution in [1.29, 1.82) is 0 Å². The summed E-state index contributed by atoms with van der Waals surface area (Å²) in [6, 6.07) is 2.22. The van der Waals surface area contributed by atoms with E-state index in [1.165, 1.54) is 36.8 Å². The van der Waals surface area contributed by atoms with Gasteiger partial charge in [-0.1, -0.05) is 39.7 Å².